The maximum absolute atomic E-state index is 13.5. The fraction of sp³-hybridized carbons (Fsp3) is 0.281. The molecule has 3 aromatic carbocycles. The van der Waals surface area contributed by atoms with Crippen molar-refractivity contribution in [3.63, 3.8) is 0 Å². The van der Waals surface area contributed by atoms with Crippen LogP contribution < -0.4 is 10.1 Å². The van der Waals surface area contributed by atoms with Gasteiger partial charge in [0, 0.05) is 37.6 Å². The lowest BCUT2D eigenvalue weighted by Crippen LogP contribution is -2.44. The largest absolute Gasteiger partial charge is 0.488 e. The van der Waals surface area contributed by atoms with Crippen LogP contribution in [0.4, 0.5) is 0 Å². The monoisotopic (exact) mass is 493 g/mol. The molecule has 190 valence electrons. The molecule has 1 aliphatic heterocycles. The van der Waals surface area contributed by atoms with Crippen LogP contribution in [0, 0.1) is 6.92 Å². The number of piperidine rings is 1. The molecular weight excluding hydrogens is 458 g/mol. The van der Waals surface area contributed by atoms with Gasteiger partial charge in [-0.2, -0.15) is 0 Å². The van der Waals surface area contributed by atoms with Crippen LogP contribution in [0.2, 0.25) is 0 Å². The maximum Gasteiger partial charge on any atom is 0.268 e. The van der Waals surface area contributed by atoms with E-state index < -0.39 is 0 Å². The summed E-state index contributed by atoms with van der Waals surface area (Å²) in [6.07, 6.45) is 3.73. The van der Waals surface area contributed by atoms with Gasteiger partial charge < -0.3 is 14.6 Å². The van der Waals surface area contributed by atoms with Crippen LogP contribution in [0.1, 0.15) is 40.0 Å². The summed E-state index contributed by atoms with van der Waals surface area (Å²) in [5.74, 6) is 0.745. The predicted octanol–water partition coefficient (Wildman–Crippen LogP) is 6.11. The molecule has 1 aliphatic rings. The summed E-state index contributed by atoms with van der Waals surface area (Å²) in [6.45, 7) is 9.96. The minimum atomic E-state index is -0.0378. The molecule has 5 nitrogen and oxygen atoms in total. The third-order valence-corrected chi connectivity index (χ3v) is 7.10. The molecule has 37 heavy (non-hydrogen) atoms. The lowest BCUT2D eigenvalue weighted by atomic mass is 10.0. The molecule has 1 amide bonds. The number of nitrogens with one attached hydrogen (secondary N) is 1. The number of likely N-dealkylation sites (tertiary alicyclic amines) is 1. The van der Waals surface area contributed by atoms with Gasteiger partial charge in [-0.05, 0) is 49.1 Å². The number of aromatic nitrogens is 1. The molecule has 0 unspecified atom stereocenters. The first kappa shape index (κ1) is 24.8. The number of hydrogen-bond donors (Lipinski definition) is 1. The van der Waals surface area contributed by atoms with Gasteiger partial charge in [-0.15, -0.1) is 6.58 Å². The van der Waals surface area contributed by atoms with E-state index in [1.165, 1.54) is 11.1 Å². The number of aryl methyl sites for hydroxylation is 1. The number of ether oxygens (including phenoxy) is 1. The Labute approximate surface area is 219 Å². The number of amides is 1. The zero-order chi connectivity index (χ0) is 25.6. The Bertz CT molecular complexity index is 1370. The fourth-order valence-corrected chi connectivity index (χ4v) is 5.20. The standard InChI is InChI=1S/C32H35N3O2/c1-3-17-35-29-13-8-14-31(37-23-26-12-7-9-24(2)20-26)28(29)21-30(35)32(36)33-27-15-18-34(19-16-27)22-25-10-5-4-6-11-25/h3-14,20-21,27H,1,15-19,22-23H2,2H3,(H,33,36). The van der Waals surface area contributed by atoms with E-state index in [9.17, 15) is 4.79 Å². The van der Waals surface area contributed by atoms with E-state index in [4.69, 9.17) is 4.74 Å². The van der Waals surface area contributed by atoms with Crippen LogP contribution in [0.3, 0.4) is 0 Å². The van der Waals surface area contributed by atoms with E-state index >= 15 is 0 Å². The SMILES string of the molecule is C=CCn1c(C(=O)NC2CCN(Cc3ccccc3)CC2)cc2c(OCc3cccc(C)c3)cccc21. The Morgan fingerprint density at radius 3 is 2.51 bits per heavy atom. The first-order chi connectivity index (χ1) is 18.1. The molecule has 1 aromatic heterocycles. The Morgan fingerprint density at radius 1 is 1.00 bits per heavy atom. The van der Waals surface area contributed by atoms with Gasteiger partial charge in [0.15, 0.2) is 0 Å². The fourth-order valence-electron chi connectivity index (χ4n) is 5.20. The second-order valence-corrected chi connectivity index (χ2v) is 9.91. The van der Waals surface area contributed by atoms with E-state index in [2.05, 4.69) is 72.3 Å². The molecule has 0 aliphatic carbocycles. The van der Waals surface area contributed by atoms with Gasteiger partial charge in [0.25, 0.3) is 5.91 Å². The number of fused-ring (bicyclic) bond motifs is 1. The van der Waals surface area contributed by atoms with Gasteiger partial charge in [0.1, 0.15) is 18.1 Å². The Balaban J connectivity index is 1.28. The van der Waals surface area contributed by atoms with Gasteiger partial charge >= 0.3 is 0 Å². The third-order valence-electron chi connectivity index (χ3n) is 7.10. The van der Waals surface area contributed by atoms with Crippen LogP contribution in [0.5, 0.6) is 5.75 Å². The average Bonchev–Trinajstić information content (AvgIpc) is 3.29. The van der Waals surface area contributed by atoms with Crippen molar-refractivity contribution in [1.82, 2.24) is 14.8 Å². The van der Waals surface area contributed by atoms with Crippen LogP contribution in [-0.4, -0.2) is 34.5 Å². The Morgan fingerprint density at radius 2 is 1.76 bits per heavy atom. The van der Waals surface area contributed by atoms with Gasteiger partial charge in [0.2, 0.25) is 0 Å². The number of hydrogen-bond acceptors (Lipinski definition) is 3. The molecule has 4 aromatic rings. The van der Waals surface area contributed by atoms with Crippen molar-refractivity contribution in [2.75, 3.05) is 13.1 Å². The number of carbonyl (C=O) groups excluding carboxylic acids is 1. The molecule has 2 heterocycles. The topological polar surface area (TPSA) is 46.5 Å². The summed E-state index contributed by atoms with van der Waals surface area (Å²) in [5.41, 5.74) is 5.29. The molecule has 0 bridgehead atoms. The molecule has 0 radical (unpaired) electrons. The highest BCUT2D eigenvalue weighted by Crippen LogP contribution is 2.30. The van der Waals surface area contributed by atoms with E-state index in [0.717, 1.165) is 54.7 Å². The summed E-state index contributed by atoms with van der Waals surface area (Å²) in [7, 11) is 0. The molecule has 5 heteroatoms. The first-order valence-corrected chi connectivity index (χ1v) is 13.1. The molecular formula is C32H35N3O2. The van der Waals surface area contributed by atoms with Crippen molar-refractivity contribution in [2.24, 2.45) is 0 Å². The predicted molar refractivity (Wildman–Crippen MR) is 150 cm³/mol. The minimum Gasteiger partial charge on any atom is -0.488 e. The molecule has 0 spiro atoms. The van der Waals surface area contributed by atoms with E-state index in [0.29, 0.717) is 18.8 Å². The lowest BCUT2D eigenvalue weighted by Gasteiger charge is -2.32. The van der Waals surface area contributed by atoms with Gasteiger partial charge in [0.05, 0.1) is 5.52 Å². The van der Waals surface area contributed by atoms with E-state index in [1.54, 1.807) is 0 Å². The number of benzene rings is 3. The molecule has 1 fully saturated rings. The summed E-state index contributed by atoms with van der Waals surface area (Å²) in [4.78, 5) is 15.9. The normalized spacial score (nSPS) is 14.5. The Kier molecular flexibility index (Phi) is 7.71. The maximum atomic E-state index is 13.5. The quantitative estimate of drug-likeness (QED) is 0.286. The molecule has 0 atom stereocenters. The van der Waals surface area contributed by atoms with Crippen molar-refractivity contribution in [2.45, 2.75) is 45.5 Å². The second-order valence-electron chi connectivity index (χ2n) is 9.91. The minimum absolute atomic E-state index is 0.0378. The van der Waals surface area contributed by atoms with Crippen LogP contribution in [-0.2, 0) is 19.7 Å². The highest BCUT2D eigenvalue weighted by Gasteiger charge is 2.24. The highest BCUT2D eigenvalue weighted by molar-refractivity contribution is 6.00. The molecule has 5 rings (SSSR count). The van der Waals surface area contributed by atoms with Crippen molar-refractivity contribution < 1.29 is 9.53 Å². The lowest BCUT2D eigenvalue weighted by molar-refractivity contribution is 0.0900. The summed E-state index contributed by atoms with van der Waals surface area (Å²) >= 11 is 0. The smallest absolute Gasteiger partial charge is 0.268 e. The molecule has 0 saturated carbocycles. The van der Waals surface area contributed by atoms with E-state index in [-0.39, 0.29) is 11.9 Å². The van der Waals surface area contributed by atoms with Gasteiger partial charge in [-0.1, -0.05) is 72.3 Å². The number of allylic oxidation sites excluding steroid dienone is 1. The van der Waals surface area contributed by atoms with Crippen LogP contribution in [0.25, 0.3) is 10.9 Å². The third kappa shape index (κ3) is 5.95. The van der Waals surface area contributed by atoms with Gasteiger partial charge in [-0.25, -0.2) is 0 Å². The Hall–Kier alpha value is -3.83. The van der Waals surface area contributed by atoms with Gasteiger partial charge in [-0.3, -0.25) is 9.69 Å². The molecule has 1 N–H and O–H groups in total. The zero-order valence-corrected chi connectivity index (χ0v) is 21.5. The summed E-state index contributed by atoms with van der Waals surface area (Å²) < 4.78 is 8.25. The number of carbonyl (C=O) groups is 1. The van der Waals surface area contributed by atoms with E-state index in [1.807, 2.05) is 41.0 Å². The highest BCUT2D eigenvalue weighted by atomic mass is 16.5. The number of rotatable bonds is 9. The van der Waals surface area contributed by atoms with Crippen LogP contribution >= 0.6 is 0 Å². The van der Waals surface area contributed by atoms with Crippen molar-refractivity contribution in [1.29, 1.82) is 0 Å². The average molecular weight is 494 g/mol. The number of nitrogens with zero attached hydrogens (tertiary/aromatic N) is 2. The van der Waals surface area contributed by atoms with Crippen LogP contribution in [0.15, 0.2) is 91.5 Å². The summed E-state index contributed by atoms with van der Waals surface area (Å²) in [5, 5.41) is 4.25. The summed E-state index contributed by atoms with van der Waals surface area (Å²) in [6, 6.07) is 27.0. The van der Waals surface area contributed by atoms with Crippen molar-refractivity contribution >= 4 is 16.8 Å². The van der Waals surface area contributed by atoms with Crippen molar-refractivity contribution in [3.05, 3.63) is 114 Å². The molecule has 1 saturated heterocycles. The first-order valence-electron chi connectivity index (χ1n) is 13.1. The van der Waals surface area contributed by atoms with Crippen molar-refractivity contribution in [3.8, 4) is 5.75 Å². The second kappa shape index (κ2) is 11.5. The zero-order valence-electron chi connectivity index (χ0n) is 21.5.